The average molecular weight is 334 g/mol. The number of anilines is 1. The van der Waals surface area contributed by atoms with Crippen LogP contribution in [-0.4, -0.2) is 32.1 Å². The third-order valence-electron chi connectivity index (χ3n) is 2.90. The average Bonchev–Trinajstić information content (AvgIpc) is 2.89. The molecule has 0 fully saturated rings. The molecular weight excluding hydrogens is 322 g/mol. The maximum atomic E-state index is 11.9. The summed E-state index contributed by atoms with van der Waals surface area (Å²) in [6.45, 7) is 1.48. The van der Waals surface area contributed by atoms with Crippen molar-refractivity contribution in [2.45, 2.75) is 6.92 Å². The first kappa shape index (κ1) is 15.0. The van der Waals surface area contributed by atoms with Gasteiger partial charge < -0.3 is 4.74 Å². The van der Waals surface area contributed by atoms with Gasteiger partial charge in [0.05, 0.1) is 0 Å². The summed E-state index contributed by atoms with van der Waals surface area (Å²) >= 11 is 5.76. The van der Waals surface area contributed by atoms with Crippen molar-refractivity contribution in [3.8, 4) is 5.75 Å². The van der Waals surface area contributed by atoms with Gasteiger partial charge in [-0.05, 0) is 31.2 Å². The number of hydrogen-bond acceptors (Lipinski definition) is 5. The molecule has 0 atom stereocenters. The zero-order valence-electron chi connectivity index (χ0n) is 12.0. The van der Waals surface area contributed by atoms with Crippen LogP contribution in [0.5, 0.6) is 5.75 Å². The summed E-state index contributed by atoms with van der Waals surface area (Å²) in [7, 11) is 0. The van der Waals surface area contributed by atoms with Crippen LogP contribution < -0.4 is 15.6 Å². The predicted molar refractivity (Wildman–Crippen MR) is 83.9 cm³/mol. The molecule has 3 aromatic rings. The smallest absolute Gasteiger partial charge is 0.274 e. The number of nitrogens with one attached hydrogen (secondary N) is 2. The predicted octanol–water partition coefficient (Wildman–Crippen LogP) is 1.40. The molecule has 0 aliphatic heterocycles. The second-order valence-electron chi connectivity index (χ2n) is 4.73. The number of carbonyl (C=O) groups is 1. The summed E-state index contributed by atoms with van der Waals surface area (Å²) < 4.78 is 6.46. The van der Waals surface area contributed by atoms with E-state index < -0.39 is 5.91 Å². The van der Waals surface area contributed by atoms with Crippen molar-refractivity contribution in [1.82, 2.24) is 19.6 Å². The van der Waals surface area contributed by atoms with Gasteiger partial charge in [0.25, 0.3) is 17.2 Å². The molecule has 23 heavy (non-hydrogen) atoms. The van der Waals surface area contributed by atoms with Gasteiger partial charge in [-0.2, -0.15) is 9.50 Å². The van der Waals surface area contributed by atoms with Gasteiger partial charge in [0.1, 0.15) is 5.75 Å². The first-order valence-corrected chi connectivity index (χ1v) is 7.04. The van der Waals surface area contributed by atoms with E-state index >= 15 is 0 Å². The van der Waals surface area contributed by atoms with Crippen LogP contribution in [0.2, 0.25) is 5.02 Å². The van der Waals surface area contributed by atoms with Gasteiger partial charge in [0, 0.05) is 16.8 Å². The van der Waals surface area contributed by atoms with Crippen molar-refractivity contribution in [2.75, 3.05) is 11.9 Å². The zero-order chi connectivity index (χ0) is 16.4. The quantitative estimate of drug-likeness (QED) is 0.751. The van der Waals surface area contributed by atoms with Crippen LogP contribution in [0.4, 0.5) is 5.95 Å². The fourth-order valence-corrected chi connectivity index (χ4v) is 2.02. The van der Waals surface area contributed by atoms with Crippen LogP contribution in [0.25, 0.3) is 5.78 Å². The van der Waals surface area contributed by atoms with Crippen LogP contribution in [0.3, 0.4) is 0 Å². The number of amides is 1. The highest BCUT2D eigenvalue weighted by atomic mass is 35.5. The minimum absolute atomic E-state index is 0.116. The number of rotatable bonds is 4. The van der Waals surface area contributed by atoms with Crippen LogP contribution in [0.15, 0.2) is 35.1 Å². The maximum absolute atomic E-state index is 11.9. The van der Waals surface area contributed by atoms with Crippen molar-refractivity contribution >= 4 is 29.2 Å². The van der Waals surface area contributed by atoms with Crippen molar-refractivity contribution in [2.24, 2.45) is 0 Å². The van der Waals surface area contributed by atoms with Gasteiger partial charge in [-0.25, -0.2) is 4.98 Å². The molecule has 1 amide bonds. The number of aromatic nitrogens is 4. The molecule has 0 unspecified atom stereocenters. The van der Waals surface area contributed by atoms with E-state index in [1.807, 2.05) is 0 Å². The lowest BCUT2D eigenvalue weighted by molar-refractivity contribution is -0.118. The SMILES string of the molecule is Cc1cc(=O)n2[nH]c(NC(=O)COc3ccc(Cl)cc3)nc2n1. The molecule has 2 aromatic heterocycles. The van der Waals surface area contributed by atoms with Gasteiger partial charge in [-0.3, -0.25) is 20.0 Å². The number of aryl methyl sites for hydroxylation is 1. The third kappa shape index (κ3) is 3.49. The number of carbonyl (C=O) groups excluding carboxylic acids is 1. The molecule has 2 heterocycles. The fraction of sp³-hybridized carbons (Fsp3) is 0.143. The second-order valence-corrected chi connectivity index (χ2v) is 5.17. The van der Waals surface area contributed by atoms with Gasteiger partial charge in [0.15, 0.2) is 6.61 Å². The van der Waals surface area contributed by atoms with E-state index in [0.29, 0.717) is 16.5 Å². The molecule has 8 nitrogen and oxygen atoms in total. The monoisotopic (exact) mass is 333 g/mol. The van der Waals surface area contributed by atoms with E-state index in [1.165, 1.54) is 6.07 Å². The Balaban J connectivity index is 1.67. The van der Waals surface area contributed by atoms with E-state index in [0.717, 1.165) is 4.52 Å². The Morgan fingerprint density at radius 3 is 2.83 bits per heavy atom. The molecule has 0 saturated heterocycles. The number of ether oxygens (including phenoxy) is 1. The van der Waals surface area contributed by atoms with E-state index in [4.69, 9.17) is 16.3 Å². The summed E-state index contributed by atoms with van der Waals surface area (Å²) in [6.07, 6.45) is 0. The minimum Gasteiger partial charge on any atom is -0.484 e. The van der Waals surface area contributed by atoms with E-state index in [9.17, 15) is 9.59 Å². The molecule has 2 N–H and O–H groups in total. The number of nitrogens with zero attached hydrogens (tertiary/aromatic N) is 3. The lowest BCUT2D eigenvalue weighted by Gasteiger charge is -2.05. The van der Waals surface area contributed by atoms with Gasteiger partial charge in [0.2, 0.25) is 5.95 Å². The summed E-state index contributed by atoms with van der Waals surface area (Å²) in [5.41, 5.74) is 0.239. The Labute approximate surface area is 135 Å². The fourth-order valence-electron chi connectivity index (χ4n) is 1.90. The highest BCUT2D eigenvalue weighted by Gasteiger charge is 2.10. The maximum Gasteiger partial charge on any atom is 0.274 e. The van der Waals surface area contributed by atoms with Gasteiger partial charge >= 0.3 is 0 Å². The van der Waals surface area contributed by atoms with E-state index in [2.05, 4.69) is 20.4 Å². The lowest BCUT2D eigenvalue weighted by atomic mass is 10.3. The molecule has 0 bridgehead atoms. The van der Waals surface area contributed by atoms with Crippen LogP contribution in [0, 0.1) is 6.92 Å². The third-order valence-corrected chi connectivity index (χ3v) is 3.15. The second kappa shape index (κ2) is 6.09. The number of halogens is 1. The first-order chi connectivity index (χ1) is 11.0. The van der Waals surface area contributed by atoms with Crippen molar-refractivity contribution in [3.05, 3.63) is 51.4 Å². The van der Waals surface area contributed by atoms with Gasteiger partial charge in [-0.15, -0.1) is 0 Å². The molecule has 9 heteroatoms. The van der Waals surface area contributed by atoms with Crippen LogP contribution >= 0.6 is 11.6 Å². The molecule has 118 valence electrons. The zero-order valence-corrected chi connectivity index (χ0v) is 12.8. The number of benzene rings is 1. The summed E-state index contributed by atoms with van der Waals surface area (Å²) in [4.78, 5) is 31.7. The minimum atomic E-state index is -0.427. The normalized spacial score (nSPS) is 10.7. The molecule has 0 aliphatic carbocycles. The highest BCUT2D eigenvalue weighted by molar-refractivity contribution is 6.30. The Bertz CT molecular complexity index is 916. The Kier molecular flexibility index (Phi) is 3.98. The summed E-state index contributed by atoms with van der Waals surface area (Å²) in [5, 5.41) is 5.74. The molecule has 0 aliphatic rings. The van der Waals surface area contributed by atoms with E-state index in [1.54, 1.807) is 31.2 Å². The number of fused-ring (bicyclic) bond motifs is 1. The van der Waals surface area contributed by atoms with Gasteiger partial charge in [-0.1, -0.05) is 11.6 Å². The standard InChI is InChI=1S/C14H12ClN5O3/c1-8-6-12(22)20-14(16-8)18-13(19-20)17-11(21)7-23-10-4-2-9(15)3-5-10/h2-6H,7H2,1H3,(H2,16,17,18,19,21). The summed E-state index contributed by atoms with van der Waals surface area (Å²) in [5.74, 6) is 0.389. The molecule has 0 spiro atoms. The lowest BCUT2D eigenvalue weighted by Crippen LogP contribution is -2.21. The Morgan fingerprint density at radius 1 is 1.35 bits per heavy atom. The topological polar surface area (TPSA) is 101 Å². The number of aromatic amines is 1. The number of hydrogen-bond donors (Lipinski definition) is 2. The van der Waals surface area contributed by atoms with Crippen molar-refractivity contribution in [3.63, 3.8) is 0 Å². The molecular formula is C14H12ClN5O3. The highest BCUT2D eigenvalue weighted by Crippen LogP contribution is 2.15. The Morgan fingerprint density at radius 2 is 2.09 bits per heavy atom. The Hall–Kier alpha value is -2.87. The van der Waals surface area contributed by atoms with E-state index in [-0.39, 0.29) is 23.9 Å². The van der Waals surface area contributed by atoms with Crippen molar-refractivity contribution < 1.29 is 9.53 Å². The van der Waals surface area contributed by atoms with Crippen LogP contribution in [-0.2, 0) is 4.79 Å². The summed E-state index contributed by atoms with van der Waals surface area (Å²) in [6, 6.07) is 8.00. The van der Waals surface area contributed by atoms with Crippen molar-refractivity contribution in [1.29, 1.82) is 0 Å². The van der Waals surface area contributed by atoms with Crippen LogP contribution in [0.1, 0.15) is 5.69 Å². The number of H-pyrrole nitrogens is 1. The largest absolute Gasteiger partial charge is 0.484 e. The molecule has 3 rings (SSSR count). The first-order valence-electron chi connectivity index (χ1n) is 6.66. The molecule has 0 saturated carbocycles. The molecule has 1 aromatic carbocycles. The molecule has 0 radical (unpaired) electrons.